The van der Waals surface area contributed by atoms with E-state index in [1.807, 2.05) is 62.4 Å². The van der Waals surface area contributed by atoms with Crippen LogP contribution in [0.2, 0.25) is 0 Å². The third kappa shape index (κ3) is 17.8. The number of hydrogen-bond acceptors (Lipinski definition) is 11. The van der Waals surface area contributed by atoms with Gasteiger partial charge >= 0.3 is 0 Å². The maximum Gasteiger partial charge on any atom is 0.245 e. The van der Waals surface area contributed by atoms with Gasteiger partial charge in [0.2, 0.25) is 23.5 Å². The van der Waals surface area contributed by atoms with Gasteiger partial charge in [0.1, 0.15) is 12.8 Å². The molecule has 4 atom stereocenters. The SMILES string of the molecule is CC(=O)N[C@@H](CO)C(=O)N[C@@H](Cc1cncn1COCc1ccccc1)C(=O)C[C@@H](CC(C)C)C(=O)N[C@@H](CCCN=C(N)N)C(=O)c1nc2ccccc2s1.S.S.S.S. The van der Waals surface area contributed by atoms with Gasteiger partial charge in [0.25, 0.3) is 0 Å². The summed E-state index contributed by atoms with van der Waals surface area (Å²) in [5, 5.41) is 18.1. The molecule has 4 rings (SSSR count). The first kappa shape index (κ1) is 55.9. The van der Waals surface area contributed by atoms with Gasteiger partial charge in [-0.05, 0) is 42.9 Å². The molecule has 3 amide bonds. The third-order valence-electron chi connectivity index (χ3n) is 8.79. The van der Waals surface area contributed by atoms with Crippen molar-refractivity contribution in [3.05, 3.63) is 83.4 Å². The number of aliphatic hydroxyl groups excluding tert-OH is 1. The summed E-state index contributed by atoms with van der Waals surface area (Å²) in [5.74, 6) is -3.67. The van der Waals surface area contributed by atoms with Gasteiger partial charge in [0, 0.05) is 44.1 Å². The Hall–Kier alpha value is -4.12. The first-order valence-corrected chi connectivity index (χ1v) is 19.2. The summed E-state index contributed by atoms with van der Waals surface area (Å²) in [7, 11) is 0. The highest BCUT2D eigenvalue weighted by Crippen LogP contribution is 2.24. The lowest BCUT2D eigenvalue weighted by molar-refractivity contribution is -0.134. The van der Waals surface area contributed by atoms with E-state index in [1.54, 1.807) is 23.2 Å². The lowest BCUT2D eigenvalue weighted by Gasteiger charge is -2.25. The molecule has 2 heterocycles. The molecule has 2 aromatic heterocycles. The predicted octanol–water partition coefficient (Wildman–Crippen LogP) is 2.69. The summed E-state index contributed by atoms with van der Waals surface area (Å²) in [6.45, 7) is 5.00. The Balaban J connectivity index is 0.00000870. The fraction of sp³-hybridized carbons (Fsp3) is 0.436. The molecule has 0 fully saturated rings. The second kappa shape index (κ2) is 28.4. The van der Waals surface area contributed by atoms with Crippen molar-refractivity contribution >= 4 is 111 Å². The number of nitrogens with two attached hydrogens (primary N) is 2. The highest BCUT2D eigenvalue weighted by atomic mass is 32.1. The number of aliphatic hydroxyl groups is 1. The lowest BCUT2D eigenvalue weighted by atomic mass is 9.88. The van der Waals surface area contributed by atoms with Crippen molar-refractivity contribution < 1.29 is 33.8 Å². The number of nitrogens with zero attached hydrogens (tertiary/aromatic N) is 4. The number of nitrogens with one attached hydrogen (secondary N) is 3. The van der Waals surface area contributed by atoms with Crippen LogP contribution in [-0.4, -0.2) is 86.2 Å². The molecule has 332 valence electrons. The normalized spacial score (nSPS) is 12.5. The van der Waals surface area contributed by atoms with E-state index in [9.17, 15) is 29.1 Å². The zero-order chi connectivity index (χ0) is 40.6. The van der Waals surface area contributed by atoms with Crippen LogP contribution in [0.5, 0.6) is 0 Å². The van der Waals surface area contributed by atoms with E-state index in [0.717, 1.165) is 10.3 Å². The third-order valence-corrected chi connectivity index (χ3v) is 9.84. The molecule has 0 bridgehead atoms. The number of para-hydroxylation sites is 1. The minimum atomic E-state index is -1.31. The van der Waals surface area contributed by atoms with E-state index in [0.29, 0.717) is 30.7 Å². The summed E-state index contributed by atoms with van der Waals surface area (Å²) >= 11 is 1.22. The van der Waals surface area contributed by atoms with E-state index < -0.39 is 54.2 Å². The van der Waals surface area contributed by atoms with Crippen LogP contribution in [0.4, 0.5) is 0 Å². The minimum absolute atomic E-state index is 0. The number of imidazole rings is 1. The molecule has 0 spiro atoms. The Labute approximate surface area is 382 Å². The van der Waals surface area contributed by atoms with E-state index in [1.165, 1.54) is 18.3 Å². The molecule has 0 saturated heterocycles. The molecule has 60 heavy (non-hydrogen) atoms. The maximum absolute atomic E-state index is 14.2. The molecule has 0 radical (unpaired) electrons. The Kier molecular flexibility index (Phi) is 26.5. The summed E-state index contributed by atoms with van der Waals surface area (Å²) in [4.78, 5) is 80.0. The maximum atomic E-state index is 14.2. The molecule has 0 aliphatic heterocycles. The average molecular weight is 926 g/mol. The molecule has 0 saturated carbocycles. The molecule has 2 aromatic carbocycles. The summed E-state index contributed by atoms with van der Waals surface area (Å²) in [6, 6.07) is 13.4. The van der Waals surface area contributed by atoms with Crippen molar-refractivity contribution in [3.8, 4) is 0 Å². The number of fused-ring (bicyclic) bond motifs is 1. The number of benzene rings is 2. The number of hydrogen-bond donors (Lipinski definition) is 6. The Morgan fingerprint density at radius 3 is 2.20 bits per heavy atom. The van der Waals surface area contributed by atoms with Crippen LogP contribution in [-0.2, 0) is 43.7 Å². The second-order valence-electron chi connectivity index (χ2n) is 13.9. The molecule has 16 nitrogen and oxygen atoms in total. The predicted molar refractivity (Wildman–Crippen MR) is 254 cm³/mol. The zero-order valence-corrected chi connectivity index (χ0v) is 38.7. The van der Waals surface area contributed by atoms with Gasteiger partial charge in [-0.2, -0.15) is 54.0 Å². The van der Waals surface area contributed by atoms with Gasteiger partial charge < -0.3 is 41.8 Å². The molecule has 8 N–H and O–H groups in total. The van der Waals surface area contributed by atoms with Crippen molar-refractivity contribution in [2.45, 2.75) is 84.3 Å². The van der Waals surface area contributed by atoms with Crippen molar-refractivity contribution in [2.24, 2.45) is 28.3 Å². The monoisotopic (exact) mass is 925 g/mol. The lowest BCUT2D eigenvalue weighted by Crippen LogP contribution is -2.54. The first-order chi connectivity index (χ1) is 26.8. The number of ether oxygens (including phenoxy) is 1. The smallest absolute Gasteiger partial charge is 0.245 e. The summed E-state index contributed by atoms with van der Waals surface area (Å²) in [5.41, 5.74) is 13.2. The molecular weight excluding hydrogens is 867 g/mol. The Bertz CT molecular complexity index is 1940. The molecule has 0 unspecified atom stereocenters. The largest absolute Gasteiger partial charge is 0.394 e. The Morgan fingerprint density at radius 1 is 0.900 bits per heavy atom. The zero-order valence-electron chi connectivity index (χ0n) is 33.9. The first-order valence-electron chi connectivity index (χ1n) is 18.4. The quantitative estimate of drug-likeness (QED) is 0.0273. The summed E-state index contributed by atoms with van der Waals surface area (Å²) < 4.78 is 8.41. The van der Waals surface area contributed by atoms with Crippen molar-refractivity contribution in [2.75, 3.05) is 13.2 Å². The van der Waals surface area contributed by atoms with Crippen LogP contribution in [0.25, 0.3) is 10.2 Å². The second-order valence-corrected chi connectivity index (χ2v) is 14.9. The van der Waals surface area contributed by atoms with Crippen LogP contribution in [0.1, 0.15) is 67.5 Å². The topological polar surface area (TPSA) is 246 Å². The number of aromatic nitrogens is 3. The fourth-order valence-corrected chi connectivity index (χ4v) is 7.02. The minimum Gasteiger partial charge on any atom is -0.394 e. The van der Waals surface area contributed by atoms with Gasteiger partial charge in [-0.3, -0.25) is 29.0 Å². The van der Waals surface area contributed by atoms with Gasteiger partial charge in [0.05, 0.1) is 41.8 Å². The fourth-order valence-electron chi connectivity index (χ4n) is 6.06. The number of ketones is 2. The van der Waals surface area contributed by atoms with Crippen molar-refractivity contribution in [1.82, 2.24) is 30.5 Å². The number of thiazole rings is 1. The number of amides is 3. The van der Waals surface area contributed by atoms with Crippen LogP contribution < -0.4 is 27.4 Å². The molecule has 21 heteroatoms. The number of Topliss-reactive ketones (excluding diaryl/α,β-unsaturated/α-hetero) is 2. The van der Waals surface area contributed by atoms with E-state index >= 15 is 0 Å². The highest BCUT2D eigenvalue weighted by Gasteiger charge is 2.33. The van der Waals surface area contributed by atoms with E-state index in [-0.39, 0.29) is 109 Å². The van der Waals surface area contributed by atoms with Crippen LogP contribution >= 0.6 is 65.3 Å². The van der Waals surface area contributed by atoms with Gasteiger partial charge in [0.15, 0.2) is 16.8 Å². The number of guanidine groups is 1. The molecular formula is C39H59N9O7S5. The van der Waals surface area contributed by atoms with Crippen LogP contribution in [0.15, 0.2) is 72.1 Å². The molecule has 4 aromatic rings. The van der Waals surface area contributed by atoms with Crippen molar-refractivity contribution in [1.29, 1.82) is 0 Å². The number of carbonyl (C=O) groups excluding carboxylic acids is 5. The van der Waals surface area contributed by atoms with E-state index in [4.69, 9.17) is 16.2 Å². The molecule has 0 aliphatic rings. The van der Waals surface area contributed by atoms with Gasteiger partial charge in [-0.1, -0.05) is 56.3 Å². The molecule has 0 aliphatic carbocycles. The van der Waals surface area contributed by atoms with Crippen molar-refractivity contribution in [3.63, 3.8) is 0 Å². The number of carbonyl (C=O) groups is 5. The van der Waals surface area contributed by atoms with Gasteiger partial charge in [-0.15, -0.1) is 11.3 Å². The van der Waals surface area contributed by atoms with E-state index in [2.05, 4.69) is 30.9 Å². The standard InChI is InChI=1S/C39H51N9O7S.4H2S/c1-24(2)16-27(36(53)45-30(13-9-15-43-39(40)41)35(52)38-47-29-12-7-8-14-34(29)56-38)17-33(51)31(46-37(54)32(20-49)44-25(3)50)18-28-19-42-22-48(28)23-55-21-26-10-5-4-6-11-26;;;;/h4-8,10-12,14,19,22,24,27,30-32,49H,9,13,15-18,20-21,23H2,1-3H3,(H,44,50)(H,45,53)(H,46,54)(H4,40,41,43);4*1H2/t27-,30+,31+,32+;;;;/m1..../s1. The van der Waals surface area contributed by atoms with Crippen LogP contribution in [0.3, 0.4) is 0 Å². The number of rotatable bonds is 23. The van der Waals surface area contributed by atoms with Crippen LogP contribution in [0, 0.1) is 11.8 Å². The summed E-state index contributed by atoms with van der Waals surface area (Å²) in [6.07, 6.45) is 3.66. The Morgan fingerprint density at radius 2 is 1.57 bits per heavy atom. The number of aliphatic imine (C=N–C) groups is 1. The highest BCUT2D eigenvalue weighted by molar-refractivity contribution is 7.59. The average Bonchev–Trinajstić information content (AvgIpc) is 3.81. The van der Waals surface area contributed by atoms with Gasteiger partial charge in [-0.25, -0.2) is 9.97 Å².